The number of benzene rings is 2. The summed E-state index contributed by atoms with van der Waals surface area (Å²) in [5.41, 5.74) is 2.46. The van der Waals surface area contributed by atoms with Gasteiger partial charge in [0.1, 0.15) is 11.9 Å². The average molecular weight is 304 g/mol. The molecule has 0 N–H and O–H groups in total. The fourth-order valence-corrected chi connectivity index (χ4v) is 2.58. The zero-order valence-corrected chi connectivity index (χ0v) is 12.6. The van der Waals surface area contributed by atoms with Gasteiger partial charge in [0, 0.05) is 0 Å². The van der Waals surface area contributed by atoms with E-state index < -0.39 is 0 Å². The van der Waals surface area contributed by atoms with E-state index in [1.807, 2.05) is 42.5 Å². The lowest BCUT2D eigenvalue weighted by Gasteiger charge is -2.38. The summed E-state index contributed by atoms with van der Waals surface area (Å²) in [5, 5.41) is 9.22. The number of nitriles is 1. The molecule has 114 valence electrons. The molecule has 0 atom stereocenters. The quantitative estimate of drug-likeness (QED) is 0.816. The summed E-state index contributed by atoms with van der Waals surface area (Å²) in [5.74, 6) is 0.674. The molecule has 0 saturated carbocycles. The standard InChI is InChI=1S/C19H16N2O2/c1-2-19(22)21-12-17(13-21)23-16-8-5-7-14(10-16)18-9-4-3-6-15(18)11-20/h2-10,17H,1,12-13H2. The van der Waals surface area contributed by atoms with Gasteiger partial charge < -0.3 is 9.64 Å². The number of ether oxygens (including phenoxy) is 1. The predicted octanol–water partition coefficient (Wildman–Crippen LogP) is 3.00. The molecule has 0 bridgehead atoms. The van der Waals surface area contributed by atoms with Crippen LogP contribution in [-0.2, 0) is 4.79 Å². The van der Waals surface area contributed by atoms with Crippen molar-refractivity contribution >= 4 is 5.91 Å². The predicted molar refractivity (Wildman–Crippen MR) is 87.8 cm³/mol. The molecule has 23 heavy (non-hydrogen) atoms. The SMILES string of the molecule is C=CC(=O)N1CC(Oc2cccc(-c3ccccc3C#N)c2)C1. The molecule has 0 spiro atoms. The maximum absolute atomic E-state index is 11.4. The van der Waals surface area contributed by atoms with Crippen molar-refractivity contribution in [3.8, 4) is 22.9 Å². The second-order valence-corrected chi connectivity index (χ2v) is 5.37. The number of rotatable bonds is 4. The van der Waals surface area contributed by atoms with E-state index >= 15 is 0 Å². The Balaban J connectivity index is 1.73. The second kappa shape index (κ2) is 6.37. The number of amides is 1. The van der Waals surface area contributed by atoms with Gasteiger partial charge in [0.15, 0.2) is 0 Å². The third-order valence-electron chi connectivity index (χ3n) is 3.83. The van der Waals surface area contributed by atoms with E-state index in [1.165, 1.54) is 6.08 Å². The molecule has 0 radical (unpaired) electrons. The van der Waals surface area contributed by atoms with E-state index in [-0.39, 0.29) is 12.0 Å². The third kappa shape index (κ3) is 3.09. The van der Waals surface area contributed by atoms with Crippen LogP contribution >= 0.6 is 0 Å². The van der Waals surface area contributed by atoms with Crippen molar-refractivity contribution in [3.05, 3.63) is 66.7 Å². The topological polar surface area (TPSA) is 53.3 Å². The number of likely N-dealkylation sites (tertiary alicyclic amines) is 1. The minimum atomic E-state index is -0.0680. The number of carbonyl (C=O) groups excluding carboxylic acids is 1. The first-order valence-electron chi connectivity index (χ1n) is 7.39. The summed E-state index contributed by atoms with van der Waals surface area (Å²) in [4.78, 5) is 13.1. The lowest BCUT2D eigenvalue weighted by molar-refractivity contribution is -0.134. The number of hydrogen-bond donors (Lipinski definition) is 0. The highest BCUT2D eigenvalue weighted by Crippen LogP contribution is 2.28. The van der Waals surface area contributed by atoms with Crippen LogP contribution in [0, 0.1) is 11.3 Å². The van der Waals surface area contributed by atoms with Gasteiger partial charge in [0.05, 0.1) is 24.7 Å². The zero-order valence-electron chi connectivity index (χ0n) is 12.6. The largest absolute Gasteiger partial charge is 0.487 e. The van der Waals surface area contributed by atoms with Gasteiger partial charge in [-0.05, 0) is 35.4 Å². The van der Waals surface area contributed by atoms with Crippen molar-refractivity contribution in [1.29, 1.82) is 5.26 Å². The van der Waals surface area contributed by atoms with Crippen LogP contribution in [0.4, 0.5) is 0 Å². The molecule has 4 nitrogen and oxygen atoms in total. The van der Waals surface area contributed by atoms with Crippen LogP contribution in [0.2, 0.25) is 0 Å². The molecule has 2 aromatic carbocycles. The first-order chi connectivity index (χ1) is 11.2. The van der Waals surface area contributed by atoms with Crippen molar-refractivity contribution in [3.63, 3.8) is 0 Å². The van der Waals surface area contributed by atoms with Crippen LogP contribution in [0.5, 0.6) is 5.75 Å². The highest BCUT2D eigenvalue weighted by atomic mass is 16.5. The summed E-state index contributed by atoms with van der Waals surface area (Å²) in [7, 11) is 0. The summed E-state index contributed by atoms with van der Waals surface area (Å²) < 4.78 is 5.90. The Morgan fingerprint density at radius 3 is 2.78 bits per heavy atom. The molecule has 1 amide bonds. The summed E-state index contributed by atoms with van der Waals surface area (Å²) >= 11 is 0. The van der Waals surface area contributed by atoms with Gasteiger partial charge in [-0.2, -0.15) is 5.26 Å². The van der Waals surface area contributed by atoms with Gasteiger partial charge in [-0.15, -0.1) is 0 Å². The molecular formula is C19H16N2O2. The molecule has 0 aromatic heterocycles. The monoisotopic (exact) mass is 304 g/mol. The van der Waals surface area contributed by atoms with E-state index in [0.717, 1.165) is 16.9 Å². The molecule has 4 heteroatoms. The highest BCUT2D eigenvalue weighted by Gasteiger charge is 2.30. The highest BCUT2D eigenvalue weighted by molar-refractivity contribution is 5.87. The molecule has 1 aliphatic heterocycles. The van der Waals surface area contributed by atoms with Crippen molar-refractivity contribution in [2.24, 2.45) is 0 Å². The Hall–Kier alpha value is -3.06. The van der Waals surface area contributed by atoms with E-state index in [4.69, 9.17) is 4.74 Å². The van der Waals surface area contributed by atoms with Gasteiger partial charge in [-0.25, -0.2) is 0 Å². The van der Waals surface area contributed by atoms with Gasteiger partial charge in [-0.3, -0.25) is 4.79 Å². The van der Waals surface area contributed by atoms with E-state index in [0.29, 0.717) is 18.7 Å². The molecule has 3 rings (SSSR count). The van der Waals surface area contributed by atoms with Crippen LogP contribution < -0.4 is 4.74 Å². The Labute approximate surface area is 135 Å². The molecular weight excluding hydrogens is 288 g/mol. The van der Waals surface area contributed by atoms with Crippen molar-refractivity contribution in [2.45, 2.75) is 6.10 Å². The van der Waals surface area contributed by atoms with Crippen LogP contribution in [0.3, 0.4) is 0 Å². The third-order valence-corrected chi connectivity index (χ3v) is 3.83. The van der Waals surface area contributed by atoms with Gasteiger partial charge >= 0.3 is 0 Å². The Bertz CT molecular complexity index is 786. The van der Waals surface area contributed by atoms with Crippen molar-refractivity contribution < 1.29 is 9.53 Å². The van der Waals surface area contributed by atoms with Crippen LogP contribution in [0.25, 0.3) is 11.1 Å². The van der Waals surface area contributed by atoms with Crippen molar-refractivity contribution in [1.82, 2.24) is 4.90 Å². The van der Waals surface area contributed by atoms with E-state index in [2.05, 4.69) is 12.6 Å². The smallest absolute Gasteiger partial charge is 0.246 e. The molecule has 0 unspecified atom stereocenters. The molecule has 1 heterocycles. The molecule has 1 fully saturated rings. The van der Waals surface area contributed by atoms with Crippen molar-refractivity contribution in [2.75, 3.05) is 13.1 Å². The fraction of sp³-hybridized carbons (Fsp3) is 0.158. The maximum Gasteiger partial charge on any atom is 0.246 e. The number of hydrogen-bond acceptors (Lipinski definition) is 3. The molecule has 0 aliphatic carbocycles. The minimum Gasteiger partial charge on any atom is -0.487 e. The number of carbonyl (C=O) groups is 1. The fourth-order valence-electron chi connectivity index (χ4n) is 2.58. The average Bonchev–Trinajstić information content (AvgIpc) is 2.57. The first kappa shape index (κ1) is 14.9. The zero-order chi connectivity index (χ0) is 16.2. The Morgan fingerprint density at radius 1 is 1.26 bits per heavy atom. The van der Waals surface area contributed by atoms with E-state index in [9.17, 15) is 10.1 Å². The maximum atomic E-state index is 11.4. The molecule has 1 saturated heterocycles. The van der Waals surface area contributed by atoms with Gasteiger partial charge in [0.25, 0.3) is 0 Å². The van der Waals surface area contributed by atoms with Crippen LogP contribution in [0.1, 0.15) is 5.56 Å². The normalized spacial score (nSPS) is 13.8. The lowest BCUT2D eigenvalue weighted by Crippen LogP contribution is -2.55. The summed E-state index contributed by atoms with van der Waals surface area (Å²) in [6.07, 6.45) is 1.32. The molecule has 1 aliphatic rings. The number of nitrogens with zero attached hydrogens (tertiary/aromatic N) is 2. The Kier molecular flexibility index (Phi) is 4.11. The molecule has 2 aromatic rings. The summed E-state index contributed by atoms with van der Waals surface area (Å²) in [6.45, 7) is 4.62. The second-order valence-electron chi connectivity index (χ2n) is 5.37. The Morgan fingerprint density at radius 2 is 2.04 bits per heavy atom. The lowest BCUT2D eigenvalue weighted by atomic mass is 10.0. The van der Waals surface area contributed by atoms with E-state index in [1.54, 1.807) is 11.0 Å². The summed E-state index contributed by atoms with van der Waals surface area (Å²) in [6, 6.07) is 17.4. The first-order valence-corrected chi connectivity index (χ1v) is 7.39. The van der Waals surface area contributed by atoms with Gasteiger partial charge in [0.2, 0.25) is 5.91 Å². The van der Waals surface area contributed by atoms with Gasteiger partial charge in [-0.1, -0.05) is 36.9 Å². The van der Waals surface area contributed by atoms with Crippen LogP contribution in [-0.4, -0.2) is 30.0 Å². The minimum absolute atomic E-state index is 0.000334. The van der Waals surface area contributed by atoms with Crippen LogP contribution in [0.15, 0.2) is 61.2 Å².